The molecule has 4 rings (SSSR count). The van der Waals surface area contributed by atoms with Crippen molar-refractivity contribution >= 4 is 17.2 Å². The summed E-state index contributed by atoms with van der Waals surface area (Å²) in [5.41, 5.74) is 2.40. The van der Waals surface area contributed by atoms with Crippen LogP contribution in [0.5, 0.6) is 0 Å². The van der Waals surface area contributed by atoms with Gasteiger partial charge in [-0.15, -0.1) is 15.3 Å². The molecule has 0 saturated carbocycles. The molecule has 34 heavy (non-hydrogen) atoms. The van der Waals surface area contributed by atoms with Crippen molar-refractivity contribution in [2.45, 2.75) is 72.1 Å². The first-order valence-corrected chi connectivity index (χ1v) is 11.3. The summed E-state index contributed by atoms with van der Waals surface area (Å²) in [6.07, 6.45) is 1.68. The lowest BCUT2D eigenvalue weighted by molar-refractivity contribution is 0.555. The number of nitrogens with zero attached hydrogens (tertiary/aromatic N) is 9. The molecule has 0 amide bonds. The number of fused-ring (bicyclic) bond motifs is 1. The molecule has 0 saturated heterocycles. The van der Waals surface area contributed by atoms with Crippen molar-refractivity contribution in [1.82, 2.24) is 34.6 Å². The maximum Gasteiger partial charge on any atom is 0.203 e. The van der Waals surface area contributed by atoms with Crippen LogP contribution in [0.25, 0.3) is 11.5 Å². The number of aromatic nitrogens is 7. The summed E-state index contributed by atoms with van der Waals surface area (Å²) in [7, 11) is 0. The second kappa shape index (κ2) is 8.17. The van der Waals surface area contributed by atoms with Gasteiger partial charge in [-0.05, 0) is 12.1 Å². The first-order valence-electron chi connectivity index (χ1n) is 11.3. The summed E-state index contributed by atoms with van der Waals surface area (Å²) < 4.78 is 3.22. The highest BCUT2D eigenvalue weighted by Crippen LogP contribution is 2.37. The van der Waals surface area contributed by atoms with Crippen LogP contribution >= 0.6 is 0 Å². The fourth-order valence-electron chi connectivity index (χ4n) is 3.56. The van der Waals surface area contributed by atoms with Crippen LogP contribution in [0.3, 0.4) is 0 Å². The number of pyridine rings is 1. The van der Waals surface area contributed by atoms with Crippen LogP contribution in [0.4, 0.5) is 11.5 Å². The van der Waals surface area contributed by atoms with Crippen molar-refractivity contribution in [2.24, 2.45) is 10.2 Å². The van der Waals surface area contributed by atoms with Crippen LogP contribution in [0, 0.1) is 11.3 Å². The van der Waals surface area contributed by atoms with Gasteiger partial charge < -0.3 is 0 Å². The molecule has 10 nitrogen and oxygen atoms in total. The van der Waals surface area contributed by atoms with E-state index in [-0.39, 0.29) is 16.7 Å². The maximum absolute atomic E-state index is 10.0. The minimum absolute atomic E-state index is 0.168. The zero-order valence-electron chi connectivity index (χ0n) is 20.9. The van der Waals surface area contributed by atoms with E-state index in [2.05, 4.69) is 52.3 Å². The third kappa shape index (κ3) is 4.09. The van der Waals surface area contributed by atoms with Crippen molar-refractivity contribution in [1.29, 1.82) is 5.26 Å². The maximum atomic E-state index is 10.0. The number of nitrogens with one attached hydrogen (secondary N) is 1. The predicted molar refractivity (Wildman–Crippen MR) is 129 cm³/mol. The molecule has 0 fully saturated rings. The molecule has 4 aromatic rings. The van der Waals surface area contributed by atoms with E-state index >= 15 is 0 Å². The molecule has 0 bridgehead atoms. The van der Waals surface area contributed by atoms with Crippen molar-refractivity contribution in [3.05, 3.63) is 47.2 Å². The standard InChI is InChI=1S/C24H30N10/c1-14(2)20-27-22-17(19(24(6,7)8)31-34(22)32-20)28-29-21-15(13-25)18(23(3,4)5)30-33(21)16-11-9-10-12-26-16/h9-12,14,31H,1-8H3. The molecule has 0 aromatic carbocycles. The van der Waals surface area contributed by atoms with Gasteiger partial charge in [-0.25, -0.2) is 9.97 Å². The number of rotatable bonds is 4. The van der Waals surface area contributed by atoms with Gasteiger partial charge in [-0.3, -0.25) is 5.10 Å². The van der Waals surface area contributed by atoms with Gasteiger partial charge in [0.15, 0.2) is 23.1 Å². The summed E-state index contributed by atoms with van der Waals surface area (Å²) in [4.78, 5) is 9.11. The Balaban J connectivity index is 1.95. The van der Waals surface area contributed by atoms with Gasteiger partial charge >= 0.3 is 0 Å². The number of nitriles is 1. The van der Waals surface area contributed by atoms with E-state index in [0.29, 0.717) is 34.2 Å². The Morgan fingerprint density at radius 1 is 1.03 bits per heavy atom. The Labute approximate surface area is 198 Å². The van der Waals surface area contributed by atoms with E-state index in [4.69, 9.17) is 10.1 Å². The lowest BCUT2D eigenvalue weighted by Gasteiger charge is -2.16. The second-order valence-corrected chi connectivity index (χ2v) is 10.7. The zero-order chi connectivity index (χ0) is 24.8. The van der Waals surface area contributed by atoms with Gasteiger partial charge in [0.1, 0.15) is 11.6 Å². The van der Waals surface area contributed by atoms with Crippen LogP contribution in [0.2, 0.25) is 0 Å². The number of H-pyrrole nitrogens is 1. The molecule has 4 aromatic heterocycles. The van der Waals surface area contributed by atoms with E-state index in [1.807, 2.05) is 52.8 Å². The van der Waals surface area contributed by atoms with Gasteiger partial charge in [-0.2, -0.15) is 19.7 Å². The minimum Gasteiger partial charge on any atom is -0.277 e. The third-order valence-electron chi connectivity index (χ3n) is 5.35. The van der Waals surface area contributed by atoms with Gasteiger partial charge in [0, 0.05) is 22.9 Å². The SMILES string of the molecule is CC(C)c1nc2c(N=Nc3c(C#N)c(C(C)(C)C)nn3-c3ccccn3)c(C(C)(C)C)[nH]n2n1. The quantitative estimate of drug-likeness (QED) is 0.396. The summed E-state index contributed by atoms with van der Waals surface area (Å²) >= 11 is 0. The third-order valence-corrected chi connectivity index (χ3v) is 5.35. The number of hydrogen-bond donors (Lipinski definition) is 1. The van der Waals surface area contributed by atoms with E-state index in [9.17, 15) is 5.26 Å². The highest BCUT2D eigenvalue weighted by Gasteiger charge is 2.29. The molecule has 0 radical (unpaired) electrons. The van der Waals surface area contributed by atoms with E-state index in [0.717, 1.165) is 11.5 Å². The van der Waals surface area contributed by atoms with Crippen LogP contribution in [0.1, 0.15) is 84.1 Å². The molecule has 0 atom stereocenters. The molecule has 1 N–H and O–H groups in total. The van der Waals surface area contributed by atoms with Crippen molar-refractivity contribution < 1.29 is 0 Å². The Hall–Kier alpha value is -3.87. The Kier molecular flexibility index (Phi) is 5.59. The molecule has 0 unspecified atom stereocenters. The first-order chi connectivity index (χ1) is 15.9. The molecular formula is C24H30N10. The molecule has 0 aliphatic heterocycles. The lowest BCUT2D eigenvalue weighted by Crippen LogP contribution is -2.14. The second-order valence-electron chi connectivity index (χ2n) is 10.7. The van der Waals surface area contributed by atoms with Gasteiger partial charge in [0.25, 0.3) is 0 Å². The van der Waals surface area contributed by atoms with Crippen LogP contribution in [-0.2, 0) is 10.8 Å². The molecule has 0 spiro atoms. The zero-order valence-corrected chi connectivity index (χ0v) is 20.9. The smallest absolute Gasteiger partial charge is 0.203 e. The monoisotopic (exact) mass is 458 g/mol. The van der Waals surface area contributed by atoms with E-state index in [1.165, 1.54) is 0 Å². The minimum atomic E-state index is -0.369. The lowest BCUT2D eigenvalue weighted by atomic mass is 9.90. The molecular weight excluding hydrogens is 428 g/mol. The van der Waals surface area contributed by atoms with Crippen LogP contribution in [0.15, 0.2) is 34.6 Å². The van der Waals surface area contributed by atoms with Crippen LogP contribution in [-0.4, -0.2) is 34.6 Å². The number of hydrogen-bond acceptors (Lipinski definition) is 7. The molecule has 0 aliphatic carbocycles. The van der Waals surface area contributed by atoms with E-state index in [1.54, 1.807) is 15.5 Å². The van der Waals surface area contributed by atoms with Gasteiger partial charge in [-0.1, -0.05) is 61.5 Å². The highest BCUT2D eigenvalue weighted by molar-refractivity contribution is 5.68. The molecule has 10 heteroatoms. The Bertz CT molecular complexity index is 1400. The van der Waals surface area contributed by atoms with Crippen molar-refractivity contribution in [3.8, 4) is 11.9 Å². The average molecular weight is 459 g/mol. The molecule has 4 heterocycles. The highest BCUT2D eigenvalue weighted by atomic mass is 15.5. The Morgan fingerprint density at radius 2 is 1.76 bits per heavy atom. The topological polar surface area (TPSA) is 125 Å². The fourth-order valence-corrected chi connectivity index (χ4v) is 3.56. The van der Waals surface area contributed by atoms with Crippen molar-refractivity contribution in [3.63, 3.8) is 0 Å². The molecule has 0 aliphatic rings. The summed E-state index contributed by atoms with van der Waals surface area (Å²) in [5, 5.41) is 31.8. The largest absolute Gasteiger partial charge is 0.277 e. The van der Waals surface area contributed by atoms with Gasteiger partial charge in [0.2, 0.25) is 5.65 Å². The number of azo groups is 1. The van der Waals surface area contributed by atoms with Gasteiger partial charge in [0.05, 0.1) is 11.4 Å². The van der Waals surface area contributed by atoms with Crippen LogP contribution < -0.4 is 0 Å². The predicted octanol–water partition coefficient (Wildman–Crippen LogP) is 5.64. The molecule has 176 valence electrons. The summed E-state index contributed by atoms with van der Waals surface area (Å²) in [6, 6.07) is 7.80. The van der Waals surface area contributed by atoms with E-state index < -0.39 is 0 Å². The summed E-state index contributed by atoms with van der Waals surface area (Å²) in [6.45, 7) is 16.4. The number of aromatic amines is 1. The normalized spacial score (nSPS) is 12.8. The average Bonchev–Trinajstić information content (AvgIpc) is 3.43. The first kappa shape index (κ1) is 23.3. The summed E-state index contributed by atoms with van der Waals surface area (Å²) in [5.74, 6) is 1.77. The fraction of sp³-hybridized carbons (Fsp3) is 0.458. The van der Waals surface area contributed by atoms with Crippen molar-refractivity contribution in [2.75, 3.05) is 0 Å². The Morgan fingerprint density at radius 3 is 2.32 bits per heavy atom.